The third-order valence-corrected chi connectivity index (χ3v) is 3.21. The average molecular weight is 271 g/mol. The number of pyridine rings is 1. The van der Waals surface area contributed by atoms with Crippen LogP contribution in [0.1, 0.15) is 38.4 Å². The van der Waals surface area contributed by atoms with Crippen LogP contribution in [0.3, 0.4) is 0 Å². The third-order valence-electron chi connectivity index (χ3n) is 3.21. The van der Waals surface area contributed by atoms with Gasteiger partial charge in [0.2, 0.25) is 5.88 Å². The van der Waals surface area contributed by atoms with E-state index in [1.807, 2.05) is 43.3 Å². The molecule has 20 heavy (non-hydrogen) atoms. The molecular weight excluding hydrogens is 250 g/mol. The van der Waals surface area contributed by atoms with Crippen LogP contribution in [0, 0.1) is 0 Å². The third kappa shape index (κ3) is 3.36. The van der Waals surface area contributed by atoms with Crippen LogP contribution in [0.2, 0.25) is 0 Å². The molecule has 0 spiro atoms. The van der Waals surface area contributed by atoms with E-state index in [9.17, 15) is 5.11 Å². The van der Waals surface area contributed by atoms with Crippen LogP contribution in [-0.2, 0) is 0 Å². The largest absolute Gasteiger partial charge is 0.478 e. The highest BCUT2D eigenvalue weighted by molar-refractivity contribution is 5.67. The summed E-state index contributed by atoms with van der Waals surface area (Å²) < 4.78 is 5.48. The first kappa shape index (κ1) is 14.5. The topological polar surface area (TPSA) is 42.4 Å². The lowest BCUT2D eigenvalue weighted by atomic mass is 9.96. The van der Waals surface area contributed by atoms with E-state index in [0.717, 1.165) is 23.1 Å². The summed E-state index contributed by atoms with van der Waals surface area (Å²) in [6.07, 6.45) is 3.02. The first-order valence-electron chi connectivity index (χ1n) is 7.12. The molecule has 3 nitrogen and oxygen atoms in total. The number of nitrogens with zero attached hydrogens (tertiary/aromatic N) is 1. The molecule has 1 N–H and O–H groups in total. The van der Waals surface area contributed by atoms with Crippen LogP contribution in [0.15, 0.2) is 42.6 Å². The van der Waals surface area contributed by atoms with Crippen molar-refractivity contribution in [1.29, 1.82) is 0 Å². The van der Waals surface area contributed by atoms with Crippen molar-refractivity contribution >= 4 is 0 Å². The maximum atomic E-state index is 10.1. The predicted octanol–water partition coefficient (Wildman–Crippen LogP) is 3.98. The van der Waals surface area contributed by atoms with Crippen molar-refractivity contribution in [3.8, 4) is 17.0 Å². The Labute approximate surface area is 120 Å². The number of hydrogen-bond acceptors (Lipinski definition) is 3. The highest BCUT2D eigenvalue weighted by Crippen LogP contribution is 2.29. The second-order valence-electron chi connectivity index (χ2n) is 4.74. The molecule has 0 aliphatic heterocycles. The fraction of sp³-hybridized carbons (Fsp3) is 0.353. The molecular formula is C17H21NO2. The van der Waals surface area contributed by atoms with E-state index < -0.39 is 6.10 Å². The molecule has 1 unspecified atom stereocenters. The lowest BCUT2D eigenvalue weighted by Crippen LogP contribution is -1.99. The monoisotopic (exact) mass is 271 g/mol. The van der Waals surface area contributed by atoms with Gasteiger partial charge in [-0.3, -0.25) is 0 Å². The summed E-state index contributed by atoms with van der Waals surface area (Å²) in [5, 5.41) is 10.1. The quantitative estimate of drug-likeness (QED) is 0.864. The summed E-state index contributed by atoms with van der Waals surface area (Å²) in [6, 6.07) is 11.8. The molecule has 0 aliphatic carbocycles. The van der Waals surface area contributed by atoms with Crippen LogP contribution in [0.4, 0.5) is 0 Å². The van der Waals surface area contributed by atoms with Gasteiger partial charge in [-0.1, -0.05) is 38.1 Å². The van der Waals surface area contributed by atoms with E-state index in [1.54, 1.807) is 6.20 Å². The van der Waals surface area contributed by atoms with E-state index in [0.29, 0.717) is 18.9 Å². The number of benzene rings is 1. The molecule has 106 valence electrons. The van der Waals surface area contributed by atoms with Crippen molar-refractivity contribution in [3.63, 3.8) is 0 Å². The minimum absolute atomic E-state index is 0.442. The summed E-state index contributed by atoms with van der Waals surface area (Å²) in [5.74, 6) is 0.643. The van der Waals surface area contributed by atoms with Crippen molar-refractivity contribution in [2.45, 2.75) is 32.8 Å². The van der Waals surface area contributed by atoms with Gasteiger partial charge < -0.3 is 9.84 Å². The van der Waals surface area contributed by atoms with E-state index in [-0.39, 0.29) is 0 Å². The van der Waals surface area contributed by atoms with Crippen molar-refractivity contribution in [3.05, 3.63) is 48.2 Å². The first-order chi connectivity index (χ1) is 9.76. The van der Waals surface area contributed by atoms with Gasteiger partial charge in [0.05, 0.1) is 12.7 Å². The molecule has 1 heterocycles. The molecule has 1 aromatic heterocycles. The fourth-order valence-electron chi connectivity index (χ4n) is 2.10. The smallest absolute Gasteiger partial charge is 0.213 e. The number of aromatic nitrogens is 1. The number of rotatable bonds is 6. The van der Waals surface area contributed by atoms with Crippen molar-refractivity contribution < 1.29 is 9.84 Å². The average Bonchev–Trinajstić information content (AvgIpc) is 2.52. The SMILES string of the molecule is CCCOc1ccc(-c2ccccc2C(O)CC)cn1. The summed E-state index contributed by atoms with van der Waals surface area (Å²) in [6.45, 7) is 4.72. The number of aliphatic hydroxyl groups excluding tert-OH is 1. The van der Waals surface area contributed by atoms with Crippen LogP contribution in [0.25, 0.3) is 11.1 Å². The predicted molar refractivity (Wildman–Crippen MR) is 80.7 cm³/mol. The zero-order chi connectivity index (χ0) is 14.4. The summed E-state index contributed by atoms with van der Waals surface area (Å²) >= 11 is 0. The van der Waals surface area contributed by atoms with E-state index in [2.05, 4.69) is 11.9 Å². The van der Waals surface area contributed by atoms with Gasteiger partial charge in [0.1, 0.15) is 0 Å². The van der Waals surface area contributed by atoms with Crippen LogP contribution < -0.4 is 4.74 Å². The normalized spacial score (nSPS) is 12.2. The number of ether oxygens (including phenoxy) is 1. The maximum absolute atomic E-state index is 10.1. The van der Waals surface area contributed by atoms with Gasteiger partial charge in [0, 0.05) is 17.8 Å². The van der Waals surface area contributed by atoms with Gasteiger partial charge in [-0.05, 0) is 30.0 Å². The van der Waals surface area contributed by atoms with Gasteiger partial charge in [-0.15, -0.1) is 0 Å². The summed E-state index contributed by atoms with van der Waals surface area (Å²) in [7, 11) is 0. The van der Waals surface area contributed by atoms with Gasteiger partial charge in [-0.2, -0.15) is 0 Å². The Hall–Kier alpha value is -1.87. The molecule has 0 saturated carbocycles. The van der Waals surface area contributed by atoms with Gasteiger partial charge in [0.15, 0.2) is 0 Å². The van der Waals surface area contributed by atoms with Crippen LogP contribution >= 0.6 is 0 Å². The second kappa shape index (κ2) is 7.06. The minimum atomic E-state index is -0.442. The zero-order valence-corrected chi connectivity index (χ0v) is 12.0. The van der Waals surface area contributed by atoms with Gasteiger partial charge in [-0.25, -0.2) is 4.98 Å². The van der Waals surface area contributed by atoms with Crippen molar-refractivity contribution in [1.82, 2.24) is 4.98 Å². The molecule has 3 heteroatoms. The Morgan fingerprint density at radius 2 is 1.95 bits per heavy atom. The molecule has 0 bridgehead atoms. The van der Waals surface area contributed by atoms with Crippen LogP contribution in [0.5, 0.6) is 5.88 Å². The Bertz CT molecular complexity index is 537. The van der Waals surface area contributed by atoms with Gasteiger partial charge in [0.25, 0.3) is 0 Å². The van der Waals surface area contributed by atoms with Crippen LogP contribution in [-0.4, -0.2) is 16.7 Å². The Kier molecular flexibility index (Phi) is 5.13. The maximum Gasteiger partial charge on any atom is 0.213 e. The van der Waals surface area contributed by atoms with Crippen molar-refractivity contribution in [2.24, 2.45) is 0 Å². The molecule has 0 aliphatic rings. The van der Waals surface area contributed by atoms with Gasteiger partial charge >= 0.3 is 0 Å². The zero-order valence-electron chi connectivity index (χ0n) is 12.0. The summed E-state index contributed by atoms with van der Waals surface area (Å²) in [5.41, 5.74) is 2.97. The highest BCUT2D eigenvalue weighted by atomic mass is 16.5. The second-order valence-corrected chi connectivity index (χ2v) is 4.74. The molecule has 1 atom stereocenters. The molecule has 0 amide bonds. The molecule has 1 aromatic carbocycles. The fourth-order valence-corrected chi connectivity index (χ4v) is 2.10. The van der Waals surface area contributed by atoms with E-state index in [1.165, 1.54) is 0 Å². The lowest BCUT2D eigenvalue weighted by Gasteiger charge is -2.14. The standard InChI is InChI=1S/C17H21NO2/c1-3-11-20-17-10-9-13(12-18-17)14-7-5-6-8-15(14)16(19)4-2/h5-10,12,16,19H,3-4,11H2,1-2H3. The molecule has 2 aromatic rings. The molecule has 2 rings (SSSR count). The summed E-state index contributed by atoms with van der Waals surface area (Å²) in [4.78, 5) is 4.32. The highest BCUT2D eigenvalue weighted by Gasteiger charge is 2.11. The number of hydrogen-bond donors (Lipinski definition) is 1. The Morgan fingerprint density at radius 3 is 2.60 bits per heavy atom. The lowest BCUT2D eigenvalue weighted by molar-refractivity contribution is 0.174. The van der Waals surface area contributed by atoms with E-state index >= 15 is 0 Å². The minimum Gasteiger partial charge on any atom is -0.478 e. The molecule has 0 fully saturated rings. The molecule has 0 radical (unpaired) electrons. The molecule has 0 saturated heterocycles. The Balaban J connectivity index is 2.27. The van der Waals surface area contributed by atoms with E-state index in [4.69, 9.17) is 4.74 Å². The Morgan fingerprint density at radius 1 is 1.15 bits per heavy atom. The van der Waals surface area contributed by atoms with Crippen molar-refractivity contribution in [2.75, 3.05) is 6.61 Å². The first-order valence-corrected chi connectivity index (χ1v) is 7.12. The number of aliphatic hydroxyl groups is 1.